The van der Waals surface area contributed by atoms with E-state index < -0.39 is 0 Å². The van der Waals surface area contributed by atoms with Crippen LogP contribution in [0.15, 0.2) is 18.2 Å². The van der Waals surface area contributed by atoms with Gasteiger partial charge in [-0.1, -0.05) is 6.42 Å². The number of ether oxygens (including phenoxy) is 1. The lowest BCUT2D eigenvalue weighted by molar-refractivity contribution is 0.375. The second-order valence-electron chi connectivity index (χ2n) is 5.90. The van der Waals surface area contributed by atoms with Crippen LogP contribution in [0.1, 0.15) is 32.1 Å². The van der Waals surface area contributed by atoms with Crippen LogP contribution < -0.4 is 15.4 Å². The molecule has 4 heteroatoms. The van der Waals surface area contributed by atoms with Gasteiger partial charge in [-0.15, -0.1) is 0 Å². The van der Waals surface area contributed by atoms with Crippen molar-refractivity contribution in [3.63, 3.8) is 0 Å². The van der Waals surface area contributed by atoms with E-state index in [1.807, 2.05) is 0 Å². The minimum absolute atomic E-state index is 0.307. The average Bonchev–Trinajstić information content (AvgIpc) is 3.11. The van der Waals surface area contributed by atoms with Crippen molar-refractivity contribution in [1.29, 1.82) is 0 Å². The highest BCUT2D eigenvalue weighted by Crippen LogP contribution is 2.34. The van der Waals surface area contributed by atoms with E-state index in [9.17, 15) is 4.39 Å². The molecule has 1 heterocycles. The van der Waals surface area contributed by atoms with E-state index in [4.69, 9.17) is 4.74 Å². The lowest BCUT2D eigenvalue weighted by Gasteiger charge is -2.27. The highest BCUT2D eigenvalue weighted by molar-refractivity contribution is 5.49. The zero-order valence-corrected chi connectivity index (χ0v) is 12.0. The summed E-state index contributed by atoms with van der Waals surface area (Å²) >= 11 is 0. The van der Waals surface area contributed by atoms with E-state index in [-0.39, 0.29) is 5.82 Å². The molecule has 0 radical (unpaired) electrons. The molecule has 1 aliphatic heterocycles. The number of nitrogens with one attached hydrogen (secondary N) is 2. The van der Waals surface area contributed by atoms with E-state index in [2.05, 4.69) is 10.6 Å². The predicted molar refractivity (Wildman–Crippen MR) is 78.7 cm³/mol. The van der Waals surface area contributed by atoms with Crippen molar-refractivity contribution in [1.82, 2.24) is 5.32 Å². The Balaban J connectivity index is 1.69. The third kappa shape index (κ3) is 2.75. The largest absolute Gasteiger partial charge is 0.494 e. The van der Waals surface area contributed by atoms with Crippen LogP contribution in [0.5, 0.6) is 5.75 Å². The summed E-state index contributed by atoms with van der Waals surface area (Å²) < 4.78 is 18.5. The summed E-state index contributed by atoms with van der Waals surface area (Å²) in [4.78, 5) is 0. The number of halogens is 1. The van der Waals surface area contributed by atoms with Gasteiger partial charge in [0.25, 0.3) is 0 Å². The molecule has 20 heavy (non-hydrogen) atoms. The molecule has 0 amide bonds. The molecule has 2 N–H and O–H groups in total. The van der Waals surface area contributed by atoms with E-state index >= 15 is 0 Å². The Hall–Kier alpha value is -1.29. The van der Waals surface area contributed by atoms with Crippen molar-refractivity contribution >= 4 is 5.69 Å². The number of methoxy groups -OCH3 is 1. The molecule has 3 atom stereocenters. The molecule has 3 rings (SSSR count). The maximum atomic E-state index is 13.4. The lowest BCUT2D eigenvalue weighted by atomic mass is 9.93. The summed E-state index contributed by atoms with van der Waals surface area (Å²) in [6, 6.07) is 6.17. The fraction of sp³-hybridized carbons (Fsp3) is 0.625. The first-order chi connectivity index (χ1) is 9.78. The Morgan fingerprint density at radius 3 is 2.90 bits per heavy atom. The van der Waals surface area contributed by atoms with E-state index in [1.165, 1.54) is 45.3 Å². The number of hydrogen-bond acceptors (Lipinski definition) is 3. The van der Waals surface area contributed by atoms with Crippen LogP contribution in [0, 0.1) is 11.7 Å². The topological polar surface area (TPSA) is 33.3 Å². The van der Waals surface area contributed by atoms with Crippen LogP contribution in [-0.4, -0.2) is 25.7 Å². The fourth-order valence-electron chi connectivity index (χ4n) is 3.69. The molecule has 3 nitrogen and oxygen atoms in total. The van der Waals surface area contributed by atoms with Crippen LogP contribution >= 0.6 is 0 Å². The van der Waals surface area contributed by atoms with Gasteiger partial charge >= 0.3 is 0 Å². The van der Waals surface area contributed by atoms with Crippen LogP contribution in [0.3, 0.4) is 0 Å². The Morgan fingerprint density at radius 2 is 2.15 bits per heavy atom. The Kier molecular flexibility index (Phi) is 4.10. The molecule has 0 spiro atoms. The third-order valence-electron chi connectivity index (χ3n) is 4.69. The lowest BCUT2D eigenvalue weighted by Crippen LogP contribution is -2.38. The molecule has 1 aliphatic carbocycles. The van der Waals surface area contributed by atoms with Crippen molar-refractivity contribution in [3.8, 4) is 5.75 Å². The first kappa shape index (κ1) is 13.7. The number of hydrogen-bond donors (Lipinski definition) is 2. The fourth-order valence-corrected chi connectivity index (χ4v) is 3.69. The van der Waals surface area contributed by atoms with Crippen molar-refractivity contribution in [2.75, 3.05) is 19.0 Å². The zero-order valence-electron chi connectivity index (χ0n) is 12.0. The zero-order chi connectivity index (χ0) is 13.9. The molecule has 1 saturated heterocycles. The van der Waals surface area contributed by atoms with Gasteiger partial charge in [0.2, 0.25) is 0 Å². The quantitative estimate of drug-likeness (QED) is 0.887. The summed E-state index contributed by atoms with van der Waals surface area (Å²) in [5, 5.41) is 7.20. The standard InChI is InChI=1S/C16H23FN2O/c1-20-16-10-11(7-8-13(16)17)19-15-5-2-4-12(15)14-6-3-9-18-14/h7-8,10,12,14-15,18-19H,2-6,9H2,1H3. The van der Waals surface area contributed by atoms with Crippen molar-refractivity contribution in [2.45, 2.75) is 44.2 Å². The monoisotopic (exact) mass is 278 g/mol. The van der Waals surface area contributed by atoms with Gasteiger partial charge in [0.1, 0.15) is 0 Å². The van der Waals surface area contributed by atoms with Crippen LogP contribution in [0.4, 0.5) is 10.1 Å². The smallest absolute Gasteiger partial charge is 0.165 e. The van der Waals surface area contributed by atoms with Crippen molar-refractivity contribution in [3.05, 3.63) is 24.0 Å². The van der Waals surface area contributed by atoms with Crippen LogP contribution in [-0.2, 0) is 0 Å². The van der Waals surface area contributed by atoms with E-state index in [0.717, 1.165) is 12.2 Å². The molecule has 110 valence electrons. The Bertz CT molecular complexity index is 460. The molecule has 1 aromatic carbocycles. The second-order valence-corrected chi connectivity index (χ2v) is 5.90. The SMILES string of the molecule is COc1cc(NC2CCCC2C2CCCN2)ccc1F. The molecular formula is C16H23FN2O. The highest BCUT2D eigenvalue weighted by atomic mass is 19.1. The molecule has 1 aromatic rings. The van der Waals surface area contributed by atoms with Gasteiger partial charge in [-0.3, -0.25) is 0 Å². The van der Waals surface area contributed by atoms with Gasteiger partial charge in [-0.25, -0.2) is 4.39 Å². The summed E-state index contributed by atoms with van der Waals surface area (Å²) in [7, 11) is 1.50. The Labute approximate surface area is 119 Å². The van der Waals surface area contributed by atoms with Gasteiger partial charge in [-0.05, 0) is 50.3 Å². The summed E-state index contributed by atoms with van der Waals surface area (Å²) in [6.07, 6.45) is 6.34. The molecule has 3 unspecified atom stereocenters. The number of rotatable bonds is 4. The predicted octanol–water partition coefficient (Wildman–Crippen LogP) is 3.17. The van der Waals surface area contributed by atoms with Gasteiger partial charge in [-0.2, -0.15) is 0 Å². The molecule has 1 saturated carbocycles. The summed E-state index contributed by atoms with van der Waals surface area (Å²) in [5.74, 6) is 0.690. The van der Waals surface area contributed by atoms with E-state index in [1.54, 1.807) is 12.1 Å². The first-order valence-corrected chi connectivity index (χ1v) is 7.61. The highest BCUT2D eigenvalue weighted by Gasteiger charge is 2.34. The summed E-state index contributed by atoms with van der Waals surface area (Å²) in [6.45, 7) is 1.15. The van der Waals surface area contributed by atoms with Gasteiger partial charge in [0.15, 0.2) is 11.6 Å². The first-order valence-electron chi connectivity index (χ1n) is 7.61. The van der Waals surface area contributed by atoms with Gasteiger partial charge in [0.05, 0.1) is 7.11 Å². The van der Waals surface area contributed by atoms with Crippen molar-refractivity contribution < 1.29 is 9.13 Å². The third-order valence-corrected chi connectivity index (χ3v) is 4.69. The maximum absolute atomic E-state index is 13.4. The minimum atomic E-state index is -0.307. The normalized spacial score (nSPS) is 29.6. The second kappa shape index (κ2) is 6.00. The maximum Gasteiger partial charge on any atom is 0.165 e. The molecule has 0 bridgehead atoms. The molecular weight excluding hydrogens is 255 g/mol. The minimum Gasteiger partial charge on any atom is -0.494 e. The molecule has 0 aromatic heterocycles. The van der Waals surface area contributed by atoms with E-state index in [0.29, 0.717) is 23.8 Å². The average molecular weight is 278 g/mol. The molecule has 2 fully saturated rings. The Morgan fingerprint density at radius 1 is 1.25 bits per heavy atom. The van der Waals surface area contributed by atoms with Crippen LogP contribution in [0.2, 0.25) is 0 Å². The number of anilines is 1. The van der Waals surface area contributed by atoms with Crippen molar-refractivity contribution in [2.24, 2.45) is 5.92 Å². The van der Waals surface area contributed by atoms with Gasteiger partial charge < -0.3 is 15.4 Å². The van der Waals surface area contributed by atoms with Crippen LogP contribution in [0.25, 0.3) is 0 Å². The van der Waals surface area contributed by atoms with Gasteiger partial charge in [0, 0.05) is 23.8 Å². The molecule has 2 aliphatic rings. The number of benzene rings is 1. The summed E-state index contributed by atoms with van der Waals surface area (Å²) in [5.41, 5.74) is 0.957.